The highest BCUT2D eigenvalue weighted by atomic mass is 14.7. The van der Waals surface area contributed by atoms with Gasteiger partial charge in [0.1, 0.15) is 0 Å². The Morgan fingerprint density at radius 2 is 1.73 bits per heavy atom. The summed E-state index contributed by atoms with van der Waals surface area (Å²) in [6.45, 7) is 12.2. The molecular weight excluding hydrogens is 134 g/mol. The van der Waals surface area contributed by atoms with Crippen LogP contribution < -0.4 is 0 Å². The Hall–Kier alpha value is -0.590. The maximum Gasteiger partial charge on any atom is 0.0443 e. The van der Waals surface area contributed by atoms with Gasteiger partial charge in [-0.3, -0.25) is 4.99 Å². The first-order chi connectivity index (χ1) is 5.16. The fraction of sp³-hybridized carbons (Fsp3) is 0.700. The van der Waals surface area contributed by atoms with Gasteiger partial charge in [0.05, 0.1) is 0 Å². The van der Waals surface area contributed by atoms with Crippen LogP contribution in [-0.4, -0.2) is 12.3 Å². The van der Waals surface area contributed by atoms with Gasteiger partial charge in [-0.1, -0.05) is 19.9 Å². The molecule has 0 spiro atoms. The predicted octanol–water partition coefficient (Wildman–Crippen LogP) is 3.46. The highest BCUT2D eigenvalue weighted by molar-refractivity contribution is 5.77. The van der Waals surface area contributed by atoms with Crippen molar-refractivity contribution in [3.63, 3.8) is 0 Å². The largest absolute Gasteiger partial charge is 0.290 e. The Labute approximate surface area is 71.2 Å². The number of hydrogen-bond donors (Lipinski definition) is 0. The quantitative estimate of drug-likeness (QED) is 0.541. The topological polar surface area (TPSA) is 12.4 Å². The van der Waals surface area contributed by atoms with Gasteiger partial charge in [-0.2, -0.15) is 0 Å². The van der Waals surface area contributed by atoms with Crippen LogP contribution in [-0.2, 0) is 0 Å². The van der Waals surface area contributed by atoms with E-state index in [-0.39, 0.29) is 0 Å². The SMILES string of the molecule is C/C=C(/C)C=NC(C)C.CC. The van der Waals surface area contributed by atoms with Crippen LogP contribution in [0.5, 0.6) is 0 Å². The summed E-state index contributed by atoms with van der Waals surface area (Å²) in [7, 11) is 0. The van der Waals surface area contributed by atoms with Crippen LogP contribution in [0.25, 0.3) is 0 Å². The van der Waals surface area contributed by atoms with Gasteiger partial charge >= 0.3 is 0 Å². The highest BCUT2D eigenvalue weighted by Gasteiger charge is 1.82. The van der Waals surface area contributed by atoms with Crippen LogP contribution in [0.3, 0.4) is 0 Å². The number of allylic oxidation sites excluding steroid dienone is 2. The van der Waals surface area contributed by atoms with Crippen molar-refractivity contribution in [2.75, 3.05) is 0 Å². The predicted molar refractivity (Wildman–Crippen MR) is 54.4 cm³/mol. The first kappa shape index (κ1) is 13.0. The van der Waals surface area contributed by atoms with Gasteiger partial charge in [0.25, 0.3) is 0 Å². The number of aliphatic imine (C=N–C) groups is 1. The first-order valence-corrected chi connectivity index (χ1v) is 4.33. The molecule has 0 aliphatic rings. The average molecular weight is 155 g/mol. The maximum absolute atomic E-state index is 4.20. The number of nitrogens with zero attached hydrogens (tertiary/aromatic N) is 1. The normalized spacial score (nSPS) is 11.7. The smallest absolute Gasteiger partial charge is 0.0443 e. The Morgan fingerprint density at radius 3 is 2.00 bits per heavy atom. The van der Waals surface area contributed by atoms with Crippen molar-refractivity contribution >= 4 is 6.21 Å². The molecule has 0 aliphatic carbocycles. The van der Waals surface area contributed by atoms with Crippen LogP contribution >= 0.6 is 0 Å². The van der Waals surface area contributed by atoms with Crippen LogP contribution in [0, 0.1) is 0 Å². The van der Waals surface area contributed by atoms with Gasteiger partial charge < -0.3 is 0 Å². The summed E-state index contributed by atoms with van der Waals surface area (Å²) in [5.41, 5.74) is 1.23. The van der Waals surface area contributed by atoms with E-state index in [2.05, 4.69) is 18.8 Å². The molecule has 0 aliphatic heterocycles. The van der Waals surface area contributed by atoms with Gasteiger partial charge in [0, 0.05) is 12.3 Å². The second kappa shape index (κ2) is 9.41. The molecule has 0 aromatic heterocycles. The van der Waals surface area contributed by atoms with Crippen LogP contribution in [0.2, 0.25) is 0 Å². The molecule has 0 saturated carbocycles. The van der Waals surface area contributed by atoms with Crippen molar-refractivity contribution in [3.05, 3.63) is 11.6 Å². The molecule has 0 rings (SSSR count). The standard InChI is InChI=1S/C8H15N.C2H6/c1-5-8(4)6-9-7(2)3;1-2/h5-7H,1-4H3;1-2H3/b8-5-,9-6?;. The van der Waals surface area contributed by atoms with Crippen molar-refractivity contribution in [2.45, 2.75) is 47.6 Å². The summed E-state index contributed by atoms with van der Waals surface area (Å²) >= 11 is 0. The molecule has 0 radical (unpaired) electrons. The van der Waals surface area contributed by atoms with Gasteiger partial charge in [-0.05, 0) is 33.3 Å². The molecule has 0 aromatic rings. The van der Waals surface area contributed by atoms with Crippen molar-refractivity contribution in [2.24, 2.45) is 4.99 Å². The Bertz CT molecular complexity index is 121. The number of rotatable bonds is 2. The van der Waals surface area contributed by atoms with E-state index in [4.69, 9.17) is 0 Å². The van der Waals surface area contributed by atoms with Gasteiger partial charge in [-0.25, -0.2) is 0 Å². The third-order valence-corrected chi connectivity index (χ3v) is 1.03. The minimum atomic E-state index is 0.417. The minimum Gasteiger partial charge on any atom is -0.290 e. The van der Waals surface area contributed by atoms with E-state index in [1.54, 1.807) is 0 Å². The summed E-state index contributed by atoms with van der Waals surface area (Å²) in [4.78, 5) is 4.20. The second-order valence-corrected chi connectivity index (χ2v) is 2.40. The van der Waals surface area contributed by atoms with E-state index in [1.807, 2.05) is 40.0 Å². The zero-order valence-corrected chi connectivity index (χ0v) is 8.68. The van der Waals surface area contributed by atoms with Gasteiger partial charge in [-0.15, -0.1) is 0 Å². The van der Waals surface area contributed by atoms with E-state index < -0.39 is 0 Å². The molecule has 1 heteroatoms. The second-order valence-electron chi connectivity index (χ2n) is 2.40. The monoisotopic (exact) mass is 155 g/mol. The molecule has 0 unspecified atom stereocenters. The zero-order chi connectivity index (χ0) is 9.28. The molecule has 0 heterocycles. The lowest BCUT2D eigenvalue weighted by Crippen LogP contribution is -1.88. The molecule has 66 valence electrons. The average Bonchev–Trinajstić information content (AvgIpc) is 2.04. The van der Waals surface area contributed by atoms with Crippen LogP contribution in [0.15, 0.2) is 16.6 Å². The fourth-order valence-electron chi connectivity index (χ4n) is 0.341. The first-order valence-electron chi connectivity index (χ1n) is 4.33. The molecule has 0 atom stereocenters. The summed E-state index contributed by atoms with van der Waals surface area (Å²) in [5.74, 6) is 0. The van der Waals surface area contributed by atoms with Crippen molar-refractivity contribution < 1.29 is 0 Å². The van der Waals surface area contributed by atoms with Crippen molar-refractivity contribution in [1.82, 2.24) is 0 Å². The minimum absolute atomic E-state index is 0.417. The van der Waals surface area contributed by atoms with E-state index >= 15 is 0 Å². The Morgan fingerprint density at radius 1 is 1.27 bits per heavy atom. The Balaban J connectivity index is 0. The molecule has 1 nitrogen and oxygen atoms in total. The lowest BCUT2D eigenvalue weighted by atomic mass is 10.3. The highest BCUT2D eigenvalue weighted by Crippen LogP contribution is 1.89. The Kier molecular flexibility index (Phi) is 11.1. The third kappa shape index (κ3) is 12.6. The lowest BCUT2D eigenvalue weighted by molar-refractivity contribution is 0.840. The number of hydrogen-bond acceptors (Lipinski definition) is 1. The van der Waals surface area contributed by atoms with Crippen molar-refractivity contribution in [1.29, 1.82) is 0 Å². The molecule has 0 fully saturated rings. The zero-order valence-electron chi connectivity index (χ0n) is 8.68. The summed E-state index contributed by atoms with van der Waals surface area (Å²) in [5, 5.41) is 0. The van der Waals surface area contributed by atoms with Crippen LogP contribution in [0.4, 0.5) is 0 Å². The molecular formula is C10H21N. The van der Waals surface area contributed by atoms with E-state index in [1.165, 1.54) is 5.57 Å². The maximum atomic E-state index is 4.20. The van der Waals surface area contributed by atoms with E-state index in [9.17, 15) is 0 Å². The van der Waals surface area contributed by atoms with Gasteiger partial charge in [0.2, 0.25) is 0 Å². The third-order valence-electron chi connectivity index (χ3n) is 1.03. The van der Waals surface area contributed by atoms with E-state index in [0.29, 0.717) is 6.04 Å². The van der Waals surface area contributed by atoms with Gasteiger partial charge in [0.15, 0.2) is 0 Å². The fourth-order valence-corrected chi connectivity index (χ4v) is 0.341. The van der Waals surface area contributed by atoms with Crippen molar-refractivity contribution in [3.8, 4) is 0 Å². The molecule has 0 saturated heterocycles. The summed E-state index contributed by atoms with van der Waals surface area (Å²) in [6.07, 6.45) is 3.95. The summed E-state index contributed by atoms with van der Waals surface area (Å²) < 4.78 is 0. The van der Waals surface area contributed by atoms with E-state index in [0.717, 1.165) is 0 Å². The van der Waals surface area contributed by atoms with Crippen LogP contribution in [0.1, 0.15) is 41.5 Å². The molecule has 0 aromatic carbocycles. The lowest BCUT2D eigenvalue weighted by Gasteiger charge is -1.93. The summed E-state index contributed by atoms with van der Waals surface area (Å²) in [6, 6.07) is 0.417. The molecule has 0 amide bonds. The molecule has 0 N–H and O–H groups in total. The molecule has 11 heavy (non-hydrogen) atoms. The molecule has 0 bridgehead atoms.